The molecule has 0 spiro atoms. The summed E-state index contributed by atoms with van der Waals surface area (Å²) in [6.45, 7) is 3.45. The number of aromatic carboxylic acids is 1. The summed E-state index contributed by atoms with van der Waals surface area (Å²) in [7, 11) is 0. The predicted octanol–water partition coefficient (Wildman–Crippen LogP) is 4.14. The van der Waals surface area contributed by atoms with Crippen LogP contribution in [-0.4, -0.2) is 61.3 Å². The minimum absolute atomic E-state index is 0.0416. The zero-order valence-corrected chi connectivity index (χ0v) is 20.4. The van der Waals surface area contributed by atoms with Gasteiger partial charge in [-0.25, -0.2) is 9.78 Å². The van der Waals surface area contributed by atoms with Crippen LogP contribution in [0.4, 0.5) is 11.5 Å². The monoisotopic (exact) mass is 503 g/mol. The Labute approximate surface area is 215 Å². The van der Waals surface area contributed by atoms with E-state index in [1.165, 1.54) is 0 Å². The third kappa shape index (κ3) is 6.11. The quantitative estimate of drug-likeness (QED) is 0.416. The molecule has 3 aromatic rings. The molecule has 0 aliphatic carbocycles. The molecule has 0 atom stereocenters. The number of anilines is 2. The van der Waals surface area contributed by atoms with Crippen molar-refractivity contribution < 1.29 is 28.9 Å². The van der Waals surface area contributed by atoms with E-state index in [0.717, 1.165) is 37.4 Å². The number of piperidine rings is 1. The van der Waals surface area contributed by atoms with Crippen LogP contribution in [-0.2, 0) is 0 Å². The molecular weight excluding hydrogens is 474 g/mol. The Morgan fingerprint density at radius 3 is 2.57 bits per heavy atom. The van der Waals surface area contributed by atoms with Crippen molar-refractivity contribution in [1.29, 1.82) is 0 Å². The van der Waals surface area contributed by atoms with E-state index in [9.17, 15) is 9.59 Å². The van der Waals surface area contributed by atoms with Gasteiger partial charge >= 0.3 is 5.97 Å². The molecule has 1 aromatic heterocycles. The molecule has 0 amide bonds. The second-order valence-corrected chi connectivity index (χ2v) is 9.11. The zero-order valence-electron chi connectivity index (χ0n) is 20.4. The lowest BCUT2D eigenvalue weighted by molar-refractivity contribution is 0.0696. The lowest BCUT2D eigenvalue weighted by Crippen LogP contribution is -2.36. The van der Waals surface area contributed by atoms with E-state index in [0.29, 0.717) is 48.6 Å². The van der Waals surface area contributed by atoms with Crippen LogP contribution in [0.15, 0.2) is 60.8 Å². The van der Waals surface area contributed by atoms with Crippen LogP contribution in [0, 0.1) is 5.92 Å². The van der Waals surface area contributed by atoms with Crippen molar-refractivity contribution in [2.45, 2.75) is 12.8 Å². The number of nitrogens with zero attached hydrogens (tertiary/aromatic N) is 2. The highest BCUT2D eigenvalue weighted by Crippen LogP contribution is 2.31. The molecule has 2 N–H and O–H groups in total. The van der Waals surface area contributed by atoms with E-state index in [1.807, 2.05) is 12.1 Å². The molecule has 9 heteroatoms. The van der Waals surface area contributed by atoms with Crippen LogP contribution >= 0.6 is 0 Å². The number of nitrogens with one attached hydrogen (secondary N) is 1. The van der Waals surface area contributed by atoms with E-state index in [2.05, 4.69) is 15.2 Å². The van der Waals surface area contributed by atoms with Gasteiger partial charge in [-0.3, -0.25) is 4.79 Å². The lowest BCUT2D eigenvalue weighted by atomic mass is 9.98. The number of ether oxygens (including phenoxy) is 3. The van der Waals surface area contributed by atoms with Crippen molar-refractivity contribution >= 4 is 23.3 Å². The van der Waals surface area contributed by atoms with E-state index >= 15 is 0 Å². The molecule has 192 valence electrons. The maximum absolute atomic E-state index is 12.6. The number of pyridine rings is 1. The van der Waals surface area contributed by atoms with Gasteiger partial charge in [0.1, 0.15) is 24.8 Å². The molecule has 0 unspecified atom stereocenters. The summed E-state index contributed by atoms with van der Waals surface area (Å²) in [6, 6.07) is 15.7. The van der Waals surface area contributed by atoms with Gasteiger partial charge in [0.2, 0.25) is 0 Å². The Morgan fingerprint density at radius 1 is 1.00 bits per heavy atom. The normalized spacial score (nSPS) is 15.2. The highest BCUT2D eigenvalue weighted by Gasteiger charge is 2.21. The van der Waals surface area contributed by atoms with Gasteiger partial charge in [-0.2, -0.15) is 0 Å². The number of carboxylic acid groups (broad SMARTS) is 1. The summed E-state index contributed by atoms with van der Waals surface area (Å²) in [5.74, 6) is 2.15. The van der Waals surface area contributed by atoms with Gasteiger partial charge in [0, 0.05) is 18.7 Å². The highest BCUT2D eigenvalue weighted by atomic mass is 16.6. The third-order valence-corrected chi connectivity index (χ3v) is 6.57. The summed E-state index contributed by atoms with van der Waals surface area (Å²) in [4.78, 5) is 30.6. The minimum Gasteiger partial charge on any atom is -0.493 e. The highest BCUT2D eigenvalue weighted by molar-refractivity contribution is 5.99. The fourth-order valence-corrected chi connectivity index (χ4v) is 4.44. The van der Waals surface area contributed by atoms with Crippen LogP contribution in [0.25, 0.3) is 0 Å². The molecule has 0 saturated carbocycles. The van der Waals surface area contributed by atoms with Crippen molar-refractivity contribution in [2.24, 2.45) is 5.92 Å². The third-order valence-electron chi connectivity index (χ3n) is 6.57. The van der Waals surface area contributed by atoms with Gasteiger partial charge in [-0.15, -0.1) is 0 Å². The minimum atomic E-state index is -0.959. The number of hydrogen-bond acceptors (Lipinski definition) is 8. The maximum Gasteiger partial charge on any atom is 0.335 e. The average molecular weight is 504 g/mol. The van der Waals surface area contributed by atoms with Gasteiger partial charge in [0.25, 0.3) is 0 Å². The van der Waals surface area contributed by atoms with E-state index < -0.39 is 5.97 Å². The molecule has 1 fully saturated rings. The van der Waals surface area contributed by atoms with Gasteiger partial charge in [0.05, 0.1) is 30.6 Å². The molecule has 1 saturated heterocycles. The van der Waals surface area contributed by atoms with E-state index in [-0.39, 0.29) is 17.9 Å². The first-order valence-corrected chi connectivity index (χ1v) is 12.4. The molecule has 2 aromatic carbocycles. The molecule has 37 heavy (non-hydrogen) atoms. The fraction of sp³-hybridized carbons (Fsp3) is 0.321. The van der Waals surface area contributed by atoms with Crippen molar-refractivity contribution in [1.82, 2.24) is 4.98 Å². The Bertz CT molecular complexity index is 1260. The molecule has 0 bridgehead atoms. The first-order valence-electron chi connectivity index (χ1n) is 12.4. The molecular formula is C28H29N3O6. The van der Waals surface area contributed by atoms with Crippen molar-refractivity contribution in [3.8, 4) is 17.2 Å². The molecule has 0 radical (unpaired) electrons. The SMILES string of the molecule is O=C(O)c1cccc(OCC2CCN(c3ccc(NCC(=O)c4ccc5c(c4)OCCO5)cn3)CC2)c1. The number of carbonyl (C=O) groups is 2. The van der Waals surface area contributed by atoms with Crippen molar-refractivity contribution in [3.05, 3.63) is 71.9 Å². The molecule has 3 heterocycles. The van der Waals surface area contributed by atoms with Gasteiger partial charge in [-0.05, 0) is 67.3 Å². The molecule has 5 rings (SSSR count). The number of carboxylic acids is 1. The smallest absolute Gasteiger partial charge is 0.335 e. The number of ketones is 1. The second-order valence-electron chi connectivity index (χ2n) is 9.11. The Morgan fingerprint density at radius 2 is 1.81 bits per heavy atom. The zero-order chi connectivity index (χ0) is 25.6. The van der Waals surface area contributed by atoms with Crippen LogP contribution in [0.2, 0.25) is 0 Å². The Kier molecular flexibility index (Phi) is 7.39. The summed E-state index contributed by atoms with van der Waals surface area (Å²) >= 11 is 0. The summed E-state index contributed by atoms with van der Waals surface area (Å²) < 4.78 is 16.9. The van der Waals surface area contributed by atoms with Crippen LogP contribution in [0.3, 0.4) is 0 Å². The standard InChI is InChI=1S/C28H29N3O6/c32-24(20-4-6-25-26(15-20)36-13-12-35-25)17-29-22-5-7-27(30-16-22)31-10-8-19(9-11-31)18-37-23-3-1-2-21(14-23)28(33)34/h1-7,14-16,19,29H,8-13,17-18H2,(H,33,34). The first kappa shape index (κ1) is 24.4. The number of carbonyl (C=O) groups excluding carboxylic acids is 1. The van der Waals surface area contributed by atoms with Gasteiger partial charge in [0.15, 0.2) is 17.3 Å². The number of rotatable bonds is 9. The van der Waals surface area contributed by atoms with E-state index in [1.54, 1.807) is 48.7 Å². The number of hydrogen-bond donors (Lipinski definition) is 2. The molecule has 9 nitrogen and oxygen atoms in total. The molecule has 2 aliphatic heterocycles. The predicted molar refractivity (Wildman–Crippen MR) is 138 cm³/mol. The first-order chi connectivity index (χ1) is 18.0. The number of fused-ring (bicyclic) bond motifs is 1. The lowest BCUT2D eigenvalue weighted by Gasteiger charge is -2.32. The topological polar surface area (TPSA) is 110 Å². The van der Waals surface area contributed by atoms with E-state index in [4.69, 9.17) is 19.3 Å². The van der Waals surface area contributed by atoms with Crippen LogP contribution < -0.4 is 24.4 Å². The summed E-state index contributed by atoms with van der Waals surface area (Å²) in [6.07, 6.45) is 3.67. The second kappa shape index (κ2) is 11.2. The number of benzene rings is 2. The largest absolute Gasteiger partial charge is 0.493 e. The van der Waals surface area contributed by atoms with Crippen LogP contribution in [0.5, 0.6) is 17.2 Å². The fourth-order valence-electron chi connectivity index (χ4n) is 4.44. The van der Waals surface area contributed by atoms with Crippen molar-refractivity contribution in [2.75, 3.05) is 49.7 Å². The summed E-state index contributed by atoms with van der Waals surface area (Å²) in [5, 5.41) is 12.3. The number of aromatic nitrogens is 1. The van der Waals surface area contributed by atoms with Gasteiger partial charge in [-0.1, -0.05) is 6.07 Å². The Balaban J connectivity index is 1.07. The van der Waals surface area contributed by atoms with Gasteiger partial charge < -0.3 is 29.5 Å². The van der Waals surface area contributed by atoms with Crippen molar-refractivity contribution in [3.63, 3.8) is 0 Å². The maximum atomic E-state index is 12.6. The number of Topliss-reactive ketones (excluding diaryl/α,β-unsaturated/α-hetero) is 1. The van der Waals surface area contributed by atoms with Crippen LogP contribution in [0.1, 0.15) is 33.6 Å². The Hall–Kier alpha value is -4.27. The molecule has 2 aliphatic rings. The summed E-state index contributed by atoms with van der Waals surface area (Å²) in [5.41, 5.74) is 1.58. The average Bonchev–Trinajstić information content (AvgIpc) is 2.95.